The van der Waals surface area contributed by atoms with Crippen LogP contribution in [-0.4, -0.2) is 25.9 Å². The van der Waals surface area contributed by atoms with Crippen LogP contribution in [0.2, 0.25) is 0 Å². The van der Waals surface area contributed by atoms with Crippen LogP contribution in [0, 0.1) is 26.7 Å². The lowest BCUT2D eigenvalue weighted by Gasteiger charge is -2.25. The third-order valence-corrected chi connectivity index (χ3v) is 6.96. The molecule has 7 heteroatoms. The molecule has 2 aliphatic rings. The van der Waals surface area contributed by atoms with Crippen molar-refractivity contribution in [3.05, 3.63) is 51.1 Å². The van der Waals surface area contributed by atoms with E-state index in [2.05, 4.69) is 16.2 Å². The summed E-state index contributed by atoms with van der Waals surface area (Å²) in [4.78, 5) is 25.7. The zero-order valence-electron chi connectivity index (χ0n) is 16.3. The maximum Gasteiger partial charge on any atom is 0.226 e. The third kappa shape index (κ3) is 2.85. The van der Waals surface area contributed by atoms with Gasteiger partial charge >= 0.3 is 0 Å². The number of hydrogen-bond acceptors (Lipinski definition) is 6. The Hall–Kier alpha value is -2.54. The first-order valence-electron chi connectivity index (χ1n) is 9.64. The van der Waals surface area contributed by atoms with E-state index in [1.807, 2.05) is 31.9 Å². The predicted octanol–water partition coefficient (Wildman–Crippen LogP) is 3.77. The van der Waals surface area contributed by atoms with Crippen LogP contribution in [-0.2, 0) is 30.7 Å². The summed E-state index contributed by atoms with van der Waals surface area (Å²) in [6.45, 7) is 7.23. The highest BCUT2D eigenvalue weighted by Crippen LogP contribution is 2.38. The maximum atomic E-state index is 13.2. The summed E-state index contributed by atoms with van der Waals surface area (Å²) in [7, 11) is 0. The van der Waals surface area contributed by atoms with Gasteiger partial charge in [0.15, 0.2) is 0 Å². The molecule has 0 aromatic carbocycles. The van der Waals surface area contributed by atoms with Gasteiger partial charge < -0.3 is 9.42 Å². The van der Waals surface area contributed by atoms with Gasteiger partial charge in [0, 0.05) is 42.2 Å². The van der Waals surface area contributed by atoms with Gasteiger partial charge in [0.05, 0.1) is 17.0 Å². The zero-order valence-corrected chi connectivity index (χ0v) is 17.1. The topological polar surface area (TPSA) is 72.1 Å². The molecule has 1 unspecified atom stereocenters. The highest BCUT2D eigenvalue weighted by atomic mass is 32.1. The molecule has 4 heterocycles. The Bertz CT molecular complexity index is 1060. The smallest absolute Gasteiger partial charge is 0.226 e. The average Bonchev–Trinajstić information content (AvgIpc) is 3.36. The van der Waals surface area contributed by atoms with Crippen molar-refractivity contribution in [2.24, 2.45) is 5.92 Å². The molecule has 5 rings (SSSR count). The Balaban J connectivity index is 1.34. The summed E-state index contributed by atoms with van der Waals surface area (Å²) in [6, 6.07) is 2.10. The van der Waals surface area contributed by atoms with Crippen LogP contribution in [0.4, 0.5) is 0 Å². The lowest BCUT2D eigenvalue weighted by atomic mass is 9.90. The molecular formula is C21H22N4O2S. The Labute approximate surface area is 167 Å². The summed E-state index contributed by atoms with van der Waals surface area (Å²) >= 11 is 1.71. The second-order valence-corrected chi connectivity index (χ2v) is 8.90. The molecule has 1 atom stereocenters. The fraction of sp³-hybridized carbons (Fsp3) is 0.429. The van der Waals surface area contributed by atoms with Crippen LogP contribution in [0.5, 0.6) is 0 Å². The number of hydrogen-bond donors (Lipinski definition) is 0. The van der Waals surface area contributed by atoms with Crippen molar-refractivity contribution in [2.75, 3.05) is 0 Å². The van der Waals surface area contributed by atoms with E-state index in [0.717, 1.165) is 52.7 Å². The summed E-state index contributed by atoms with van der Waals surface area (Å²) in [5.74, 6) is 1.05. The lowest BCUT2D eigenvalue weighted by Crippen LogP contribution is -2.34. The molecule has 1 amide bonds. The Morgan fingerprint density at radius 3 is 2.86 bits per heavy atom. The van der Waals surface area contributed by atoms with Gasteiger partial charge in [0.2, 0.25) is 5.91 Å². The minimum Gasteiger partial charge on any atom is -0.361 e. The van der Waals surface area contributed by atoms with Gasteiger partial charge in [0.1, 0.15) is 10.8 Å². The average molecular weight is 395 g/mol. The summed E-state index contributed by atoms with van der Waals surface area (Å²) in [6.07, 6.45) is 4.43. The largest absolute Gasteiger partial charge is 0.361 e. The Morgan fingerprint density at radius 2 is 2.07 bits per heavy atom. The van der Waals surface area contributed by atoms with E-state index in [0.29, 0.717) is 13.1 Å². The SMILES string of the molecule is Cc1cc2c(cn1)CN(C(=O)C1CCc3sc(-c4c(C)noc4C)nc3C1)C2. The number of thiazole rings is 1. The molecule has 0 saturated carbocycles. The van der Waals surface area contributed by atoms with Gasteiger partial charge in [-0.15, -0.1) is 11.3 Å². The molecule has 0 radical (unpaired) electrons. The molecule has 144 valence electrons. The van der Waals surface area contributed by atoms with Crippen LogP contribution < -0.4 is 0 Å². The third-order valence-electron chi connectivity index (χ3n) is 5.79. The Morgan fingerprint density at radius 1 is 1.25 bits per heavy atom. The number of aromatic nitrogens is 3. The molecule has 0 bridgehead atoms. The minimum atomic E-state index is 0.00971. The normalized spacial score (nSPS) is 18.2. The monoisotopic (exact) mass is 394 g/mol. The van der Waals surface area contributed by atoms with Crippen LogP contribution in [0.25, 0.3) is 10.6 Å². The fourth-order valence-electron chi connectivity index (χ4n) is 4.30. The molecule has 28 heavy (non-hydrogen) atoms. The first-order valence-corrected chi connectivity index (χ1v) is 10.5. The van der Waals surface area contributed by atoms with Crippen molar-refractivity contribution in [1.29, 1.82) is 0 Å². The fourth-order valence-corrected chi connectivity index (χ4v) is 5.55. The number of pyridine rings is 1. The molecular weight excluding hydrogens is 372 g/mol. The highest BCUT2D eigenvalue weighted by molar-refractivity contribution is 7.15. The van der Waals surface area contributed by atoms with Crippen molar-refractivity contribution in [2.45, 2.75) is 53.1 Å². The molecule has 3 aromatic heterocycles. The van der Waals surface area contributed by atoms with Crippen molar-refractivity contribution in [3.8, 4) is 10.6 Å². The van der Waals surface area contributed by atoms with Crippen molar-refractivity contribution >= 4 is 17.2 Å². The number of rotatable bonds is 2. The lowest BCUT2D eigenvalue weighted by molar-refractivity contribution is -0.136. The first kappa shape index (κ1) is 17.6. The predicted molar refractivity (Wildman–Crippen MR) is 106 cm³/mol. The number of aryl methyl sites for hydroxylation is 4. The van der Waals surface area contributed by atoms with Gasteiger partial charge in [-0.2, -0.15) is 0 Å². The van der Waals surface area contributed by atoms with Gasteiger partial charge in [-0.1, -0.05) is 5.16 Å². The molecule has 0 spiro atoms. The molecule has 3 aromatic rings. The quantitative estimate of drug-likeness (QED) is 0.662. The minimum absolute atomic E-state index is 0.00971. The van der Waals surface area contributed by atoms with E-state index < -0.39 is 0 Å². The van der Waals surface area contributed by atoms with Gasteiger partial charge in [0.25, 0.3) is 0 Å². The van der Waals surface area contributed by atoms with E-state index in [1.165, 1.54) is 16.0 Å². The maximum absolute atomic E-state index is 13.2. The standard InChI is InChI=1S/C21H22N4O2S/c1-11-6-15-9-25(10-16(15)8-22-11)21(26)14-4-5-18-17(7-14)23-20(28-18)19-12(2)24-27-13(19)3/h6,8,14H,4-5,7,9-10H2,1-3H3. The number of carbonyl (C=O) groups excluding carboxylic acids is 1. The van der Waals surface area contributed by atoms with Crippen LogP contribution >= 0.6 is 11.3 Å². The first-order chi connectivity index (χ1) is 13.5. The number of carbonyl (C=O) groups is 1. The van der Waals surface area contributed by atoms with E-state index >= 15 is 0 Å². The van der Waals surface area contributed by atoms with Crippen molar-refractivity contribution < 1.29 is 9.32 Å². The van der Waals surface area contributed by atoms with E-state index in [-0.39, 0.29) is 11.8 Å². The number of amides is 1. The molecule has 1 aliphatic carbocycles. The van der Waals surface area contributed by atoms with Gasteiger partial charge in [-0.05, 0) is 50.8 Å². The summed E-state index contributed by atoms with van der Waals surface area (Å²) < 4.78 is 5.30. The van der Waals surface area contributed by atoms with Crippen molar-refractivity contribution in [3.63, 3.8) is 0 Å². The Kier molecular flexibility index (Phi) is 4.08. The van der Waals surface area contributed by atoms with E-state index in [4.69, 9.17) is 9.51 Å². The molecule has 6 nitrogen and oxygen atoms in total. The zero-order chi connectivity index (χ0) is 19.4. The summed E-state index contributed by atoms with van der Waals surface area (Å²) in [5, 5.41) is 5.01. The van der Waals surface area contributed by atoms with Gasteiger partial charge in [-0.25, -0.2) is 4.98 Å². The molecule has 0 saturated heterocycles. The second kappa shape index (κ2) is 6.51. The van der Waals surface area contributed by atoms with E-state index in [9.17, 15) is 4.79 Å². The van der Waals surface area contributed by atoms with Crippen molar-refractivity contribution in [1.82, 2.24) is 20.0 Å². The number of fused-ring (bicyclic) bond motifs is 2. The van der Waals surface area contributed by atoms with Crippen LogP contribution in [0.3, 0.4) is 0 Å². The van der Waals surface area contributed by atoms with E-state index in [1.54, 1.807) is 11.3 Å². The summed E-state index contributed by atoms with van der Waals surface area (Å²) in [5.41, 5.74) is 6.34. The molecule has 1 aliphatic heterocycles. The molecule has 0 N–H and O–H groups in total. The number of nitrogens with zero attached hydrogens (tertiary/aromatic N) is 4. The van der Waals surface area contributed by atoms with Gasteiger partial charge in [-0.3, -0.25) is 9.78 Å². The second-order valence-electron chi connectivity index (χ2n) is 7.82. The molecule has 0 fully saturated rings. The van der Waals surface area contributed by atoms with Crippen LogP contribution in [0.1, 0.15) is 45.3 Å². The van der Waals surface area contributed by atoms with Crippen LogP contribution in [0.15, 0.2) is 16.8 Å². The highest BCUT2D eigenvalue weighted by Gasteiger charge is 2.33.